The van der Waals surface area contributed by atoms with Crippen LogP contribution in [-0.2, 0) is 9.59 Å². The fourth-order valence-electron chi connectivity index (χ4n) is 1.90. The van der Waals surface area contributed by atoms with Crippen LogP contribution in [0.15, 0.2) is 0 Å². The summed E-state index contributed by atoms with van der Waals surface area (Å²) in [4.78, 5) is 25.0. The Labute approximate surface area is 98.5 Å². The zero-order valence-electron chi connectivity index (χ0n) is 9.18. The Kier molecular flexibility index (Phi) is 4.13. The van der Waals surface area contributed by atoms with Crippen molar-refractivity contribution >= 4 is 27.7 Å². The van der Waals surface area contributed by atoms with Crippen LogP contribution in [0.4, 0.5) is 0 Å². The molecule has 0 aromatic rings. The first-order chi connectivity index (χ1) is 7.03. The van der Waals surface area contributed by atoms with Crippen molar-refractivity contribution in [2.24, 2.45) is 5.41 Å². The Morgan fingerprint density at radius 2 is 2.20 bits per heavy atom. The largest absolute Gasteiger partial charge is 0.359 e. The Morgan fingerprint density at radius 1 is 1.53 bits per heavy atom. The third-order valence-electron chi connectivity index (χ3n) is 2.91. The lowest BCUT2D eigenvalue weighted by molar-refractivity contribution is -0.132. The number of nitrogens with one attached hydrogen (secondary N) is 1. The highest BCUT2D eigenvalue weighted by Gasteiger charge is 2.41. The molecule has 0 bridgehead atoms. The molecule has 1 fully saturated rings. The van der Waals surface area contributed by atoms with Gasteiger partial charge in [0, 0.05) is 31.9 Å². The van der Waals surface area contributed by atoms with Gasteiger partial charge in [-0.2, -0.15) is 0 Å². The molecular formula is C10H17BrN2O2. The van der Waals surface area contributed by atoms with E-state index in [1.807, 2.05) is 6.92 Å². The SMILES string of the molecule is CNC(=O)C1(C)CCN(C(=O)CCBr)C1. The van der Waals surface area contributed by atoms with Gasteiger partial charge in [0.2, 0.25) is 11.8 Å². The zero-order valence-corrected chi connectivity index (χ0v) is 10.8. The number of likely N-dealkylation sites (tertiary alicyclic amines) is 1. The van der Waals surface area contributed by atoms with E-state index in [1.54, 1.807) is 11.9 Å². The second-order valence-electron chi connectivity index (χ2n) is 4.14. The Bertz CT molecular complexity index is 270. The molecule has 4 nitrogen and oxygen atoms in total. The zero-order chi connectivity index (χ0) is 11.5. The molecule has 1 rings (SSSR count). The Morgan fingerprint density at radius 3 is 2.73 bits per heavy atom. The number of nitrogens with zero attached hydrogens (tertiary/aromatic N) is 1. The molecule has 1 unspecified atom stereocenters. The summed E-state index contributed by atoms with van der Waals surface area (Å²) in [6, 6.07) is 0. The molecule has 1 aliphatic rings. The molecule has 1 saturated heterocycles. The van der Waals surface area contributed by atoms with Gasteiger partial charge < -0.3 is 10.2 Å². The van der Waals surface area contributed by atoms with Crippen LogP contribution in [0.2, 0.25) is 0 Å². The van der Waals surface area contributed by atoms with Gasteiger partial charge in [0.25, 0.3) is 0 Å². The van der Waals surface area contributed by atoms with E-state index in [0.29, 0.717) is 24.8 Å². The highest BCUT2D eigenvalue weighted by atomic mass is 79.9. The smallest absolute Gasteiger partial charge is 0.227 e. The molecule has 1 N–H and O–H groups in total. The maximum atomic E-state index is 11.6. The summed E-state index contributed by atoms with van der Waals surface area (Å²) in [5, 5.41) is 3.33. The van der Waals surface area contributed by atoms with Crippen LogP contribution in [0.25, 0.3) is 0 Å². The molecule has 0 spiro atoms. The molecule has 2 amide bonds. The van der Waals surface area contributed by atoms with Crippen molar-refractivity contribution in [1.29, 1.82) is 0 Å². The molecule has 0 radical (unpaired) electrons. The van der Waals surface area contributed by atoms with Gasteiger partial charge in [-0.05, 0) is 13.3 Å². The standard InChI is InChI=1S/C10H17BrN2O2/c1-10(9(15)12-2)4-6-13(7-10)8(14)3-5-11/h3-7H2,1-2H3,(H,12,15). The summed E-state index contributed by atoms with van der Waals surface area (Å²) >= 11 is 3.24. The number of hydrogen-bond donors (Lipinski definition) is 1. The number of rotatable bonds is 3. The molecule has 1 atom stereocenters. The number of carbonyl (C=O) groups excluding carboxylic acids is 2. The summed E-state index contributed by atoms with van der Waals surface area (Å²) in [6.07, 6.45) is 1.25. The van der Waals surface area contributed by atoms with E-state index in [9.17, 15) is 9.59 Å². The van der Waals surface area contributed by atoms with E-state index in [0.717, 1.165) is 6.42 Å². The van der Waals surface area contributed by atoms with E-state index in [4.69, 9.17) is 0 Å². The fraction of sp³-hybridized carbons (Fsp3) is 0.800. The van der Waals surface area contributed by atoms with Gasteiger partial charge in [0.1, 0.15) is 0 Å². The molecule has 15 heavy (non-hydrogen) atoms. The van der Waals surface area contributed by atoms with Crippen molar-refractivity contribution in [3.63, 3.8) is 0 Å². The van der Waals surface area contributed by atoms with Gasteiger partial charge in [-0.25, -0.2) is 0 Å². The monoisotopic (exact) mass is 276 g/mol. The van der Waals surface area contributed by atoms with E-state index < -0.39 is 5.41 Å². The number of carbonyl (C=O) groups is 2. The normalized spacial score (nSPS) is 25.4. The highest BCUT2D eigenvalue weighted by molar-refractivity contribution is 9.09. The maximum absolute atomic E-state index is 11.6. The van der Waals surface area contributed by atoms with E-state index >= 15 is 0 Å². The van der Waals surface area contributed by atoms with Gasteiger partial charge in [-0.15, -0.1) is 0 Å². The predicted molar refractivity (Wildman–Crippen MR) is 61.8 cm³/mol. The summed E-state index contributed by atoms with van der Waals surface area (Å²) in [5.74, 6) is 0.149. The lowest BCUT2D eigenvalue weighted by atomic mass is 9.89. The minimum Gasteiger partial charge on any atom is -0.359 e. The third-order valence-corrected chi connectivity index (χ3v) is 3.31. The first-order valence-electron chi connectivity index (χ1n) is 5.09. The summed E-state index contributed by atoms with van der Waals surface area (Å²) < 4.78 is 0. The molecule has 86 valence electrons. The van der Waals surface area contributed by atoms with Gasteiger partial charge >= 0.3 is 0 Å². The number of alkyl halides is 1. The minimum atomic E-state index is -0.406. The minimum absolute atomic E-state index is 0.0247. The molecule has 1 heterocycles. The molecule has 0 aromatic heterocycles. The molecular weight excluding hydrogens is 260 g/mol. The first-order valence-corrected chi connectivity index (χ1v) is 6.21. The van der Waals surface area contributed by atoms with Crippen LogP contribution in [0, 0.1) is 5.41 Å². The van der Waals surface area contributed by atoms with Crippen LogP contribution in [0.3, 0.4) is 0 Å². The quantitative estimate of drug-likeness (QED) is 0.774. The predicted octanol–water partition coefficient (Wildman–Crippen LogP) is 0.756. The molecule has 0 saturated carbocycles. The van der Waals surface area contributed by atoms with Crippen molar-refractivity contribution < 1.29 is 9.59 Å². The maximum Gasteiger partial charge on any atom is 0.227 e. The van der Waals surface area contributed by atoms with Gasteiger partial charge in [-0.3, -0.25) is 9.59 Å². The van der Waals surface area contributed by atoms with Crippen molar-refractivity contribution in [2.75, 3.05) is 25.5 Å². The van der Waals surface area contributed by atoms with Gasteiger partial charge in [-0.1, -0.05) is 15.9 Å². The lowest BCUT2D eigenvalue weighted by Crippen LogP contribution is -2.40. The van der Waals surface area contributed by atoms with Gasteiger partial charge in [0.05, 0.1) is 5.41 Å². The number of hydrogen-bond acceptors (Lipinski definition) is 2. The van der Waals surface area contributed by atoms with E-state index in [-0.39, 0.29) is 11.8 Å². The average molecular weight is 277 g/mol. The summed E-state index contributed by atoms with van der Waals surface area (Å²) in [5.41, 5.74) is -0.406. The van der Waals surface area contributed by atoms with Crippen molar-refractivity contribution in [3.8, 4) is 0 Å². The van der Waals surface area contributed by atoms with Crippen molar-refractivity contribution in [1.82, 2.24) is 10.2 Å². The second kappa shape index (κ2) is 4.96. The summed E-state index contributed by atoms with van der Waals surface area (Å²) in [6.45, 7) is 3.14. The summed E-state index contributed by atoms with van der Waals surface area (Å²) in [7, 11) is 1.64. The van der Waals surface area contributed by atoms with Crippen LogP contribution in [-0.4, -0.2) is 42.2 Å². The average Bonchev–Trinajstić information content (AvgIpc) is 2.61. The Hall–Kier alpha value is -0.580. The fourth-order valence-corrected chi connectivity index (χ4v) is 2.24. The number of halogens is 1. The number of amides is 2. The molecule has 5 heteroatoms. The second-order valence-corrected chi connectivity index (χ2v) is 4.94. The topological polar surface area (TPSA) is 49.4 Å². The molecule has 1 aliphatic heterocycles. The van der Waals surface area contributed by atoms with E-state index in [2.05, 4.69) is 21.2 Å². The van der Waals surface area contributed by atoms with Crippen molar-refractivity contribution in [2.45, 2.75) is 19.8 Å². The van der Waals surface area contributed by atoms with Crippen LogP contribution in [0.5, 0.6) is 0 Å². The van der Waals surface area contributed by atoms with Gasteiger partial charge in [0.15, 0.2) is 0 Å². The molecule has 0 aliphatic carbocycles. The van der Waals surface area contributed by atoms with Crippen LogP contribution >= 0.6 is 15.9 Å². The highest BCUT2D eigenvalue weighted by Crippen LogP contribution is 2.30. The lowest BCUT2D eigenvalue weighted by Gasteiger charge is -2.22. The first kappa shape index (κ1) is 12.5. The van der Waals surface area contributed by atoms with E-state index in [1.165, 1.54) is 0 Å². The third kappa shape index (κ3) is 2.71. The molecule has 0 aromatic carbocycles. The van der Waals surface area contributed by atoms with Crippen LogP contribution in [0.1, 0.15) is 19.8 Å². The van der Waals surface area contributed by atoms with Crippen molar-refractivity contribution in [3.05, 3.63) is 0 Å². The van der Waals surface area contributed by atoms with Crippen LogP contribution < -0.4 is 5.32 Å². The Balaban J connectivity index is 2.58.